The minimum atomic E-state index is 0.0874. The molecule has 0 radical (unpaired) electrons. The maximum Gasteiger partial charge on any atom is 0.243 e. The lowest BCUT2D eigenvalue weighted by atomic mass is 10.2. The van der Waals surface area contributed by atoms with Crippen molar-refractivity contribution < 1.29 is 4.79 Å². The normalized spacial score (nSPS) is 11.4. The standard InChI is InChI=1S/C11H16N4O/c1-7-5-8(2)13-11(12-7)15-14-9(3)6-10(4)16/h5H,6H2,1-4H3,(H,12,13,15)/b14-9+. The van der Waals surface area contributed by atoms with Crippen LogP contribution in [-0.4, -0.2) is 21.5 Å². The molecular weight excluding hydrogens is 204 g/mol. The van der Waals surface area contributed by atoms with Crippen LogP contribution < -0.4 is 5.43 Å². The lowest BCUT2D eigenvalue weighted by molar-refractivity contribution is -0.115. The molecule has 0 atom stereocenters. The van der Waals surface area contributed by atoms with Crippen LogP contribution in [0.3, 0.4) is 0 Å². The van der Waals surface area contributed by atoms with E-state index in [4.69, 9.17) is 0 Å². The number of Topliss-reactive ketones (excluding diaryl/α,β-unsaturated/α-hetero) is 1. The molecule has 5 nitrogen and oxygen atoms in total. The molecule has 0 saturated carbocycles. The van der Waals surface area contributed by atoms with E-state index < -0.39 is 0 Å². The van der Waals surface area contributed by atoms with Crippen molar-refractivity contribution in [2.75, 3.05) is 5.43 Å². The minimum absolute atomic E-state index is 0.0874. The summed E-state index contributed by atoms with van der Waals surface area (Å²) in [6.07, 6.45) is 0.345. The Morgan fingerprint density at radius 2 is 1.88 bits per heavy atom. The van der Waals surface area contributed by atoms with Crippen LogP contribution in [0.1, 0.15) is 31.7 Å². The largest absolute Gasteiger partial charge is 0.300 e. The summed E-state index contributed by atoms with van der Waals surface area (Å²) in [5, 5.41) is 4.04. The number of aromatic nitrogens is 2. The Balaban J connectivity index is 2.70. The average Bonchev–Trinajstić information content (AvgIpc) is 2.12. The molecule has 1 rings (SSSR count). The predicted molar refractivity (Wildman–Crippen MR) is 63.5 cm³/mol. The predicted octanol–water partition coefficient (Wildman–Crippen LogP) is 1.86. The molecule has 1 aromatic heterocycles. The first kappa shape index (κ1) is 12.3. The number of hydrazone groups is 1. The third-order valence-electron chi connectivity index (χ3n) is 1.83. The molecule has 1 N–H and O–H groups in total. The van der Waals surface area contributed by atoms with Crippen molar-refractivity contribution in [3.8, 4) is 0 Å². The molecule has 1 aromatic rings. The molecule has 0 aromatic carbocycles. The first-order chi connectivity index (χ1) is 7.47. The lowest BCUT2D eigenvalue weighted by Crippen LogP contribution is -2.05. The van der Waals surface area contributed by atoms with Gasteiger partial charge in [0.1, 0.15) is 5.78 Å². The second-order valence-electron chi connectivity index (χ2n) is 3.81. The van der Waals surface area contributed by atoms with Crippen LogP contribution in [0.15, 0.2) is 11.2 Å². The molecule has 0 bridgehead atoms. The highest BCUT2D eigenvalue weighted by Crippen LogP contribution is 2.03. The fraction of sp³-hybridized carbons (Fsp3) is 0.455. The van der Waals surface area contributed by atoms with Crippen LogP contribution in [0.25, 0.3) is 0 Å². The van der Waals surface area contributed by atoms with Crippen molar-refractivity contribution in [3.63, 3.8) is 0 Å². The number of hydrogen-bond acceptors (Lipinski definition) is 5. The SMILES string of the molecule is CC(=O)C/C(C)=N/Nc1nc(C)cc(C)n1. The number of rotatable bonds is 4. The Kier molecular flexibility index (Phi) is 4.10. The van der Waals surface area contributed by atoms with Gasteiger partial charge in [0.05, 0.1) is 0 Å². The van der Waals surface area contributed by atoms with Crippen LogP contribution in [0.2, 0.25) is 0 Å². The van der Waals surface area contributed by atoms with Gasteiger partial charge < -0.3 is 0 Å². The van der Waals surface area contributed by atoms with E-state index in [-0.39, 0.29) is 5.78 Å². The first-order valence-corrected chi connectivity index (χ1v) is 5.08. The van der Waals surface area contributed by atoms with E-state index >= 15 is 0 Å². The summed E-state index contributed by atoms with van der Waals surface area (Å²) >= 11 is 0. The monoisotopic (exact) mass is 220 g/mol. The highest BCUT2D eigenvalue weighted by atomic mass is 16.1. The van der Waals surface area contributed by atoms with Crippen molar-refractivity contribution in [1.82, 2.24) is 9.97 Å². The Morgan fingerprint density at radius 3 is 2.38 bits per heavy atom. The zero-order valence-corrected chi connectivity index (χ0v) is 10.0. The lowest BCUT2D eigenvalue weighted by Gasteiger charge is -2.02. The van der Waals surface area contributed by atoms with E-state index in [0.29, 0.717) is 12.4 Å². The maximum absolute atomic E-state index is 10.8. The Hall–Kier alpha value is -1.78. The molecule has 86 valence electrons. The molecule has 0 saturated heterocycles. The quantitative estimate of drug-likeness (QED) is 0.621. The summed E-state index contributed by atoms with van der Waals surface area (Å²) in [4.78, 5) is 19.2. The fourth-order valence-electron chi connectivity index (χ4n) is 1.32. The van der Waals surface area contributed by atoms with Crippen molar-refractivity contribution in [2.24, 2.45) is 5.10 Å². The van der Waals surface area contributed by atoms with Crippen molar-refractivity contribution in [1.29, 1.82) is 0 Å². The topological polar surface area (TPSA) is 67.2 Å². The van der Waals surface area contributed by atoms with E-state index in [1.807, 2.05) is 19.9 Å². The zero-order chi connectivity index (χ0) is 12.1. The molecule has 0 aliphatic rings. The van der Waals surface area contributed by atoms with Crippen LogP contribution >= 0.6 is 0 Å². The summed E-state index contributed by atoms with van der Waals surface area (Å²) in [6.45, 7) is 7.11. The molecule has 0 spiro atoms. The number of nitrogens with zero attached hydrogens (tertiary/aromatic N) is 3. The van der Waals surface area contributed by atoms with E-state index in [9.17, 15) is 4.79 Å². The smallest absolute Gasteiger partial charge is 0.243 e. The molecule has 16 heavy (non-hydrogen) atoms. The third-order valence-corrected chi connectivity index (χ3v) is 1.83. The van der Waals surface area contributed by atoms with E-state index in [1.165, 1.54) is 6.92 Å². The van der Waals surface area contributed by atoms with Gasteiger partial charge in [0, 0.05) is 23.5 Å². The van der Waals surface area contributed by atoms with Gasteiger partial charge in [-0.2, -0.15) is 5.10 Å². The molecule has 0 fully saturated rings. The number of carbonyl (C=O) groups is 1. The zero-order valence-electron chi connectivity index (χ0n) is 10.0. The van der Waals surface area contributed by atoms with E-state index in [1.54, 1.807) is 6.92 Å². The number of ketones is 1. The highest BCUT2D eigenvalue weighted by Gasteiger charge is 1.99. The second kappa shape index (κ2) is 5.34. The first-order valence-electron chi connectivity index (χ1n) is 5.08. The van der Waals surface area contributed by atoms with Crippen molar-refractivity contribution in [3.05, 3.63) is 17.5 Å². The summed E-state index contributed by atoms with van der Waals surface area (Å²) < 4.78 is 0. The Bertz CT molecular complexity index is 406. The van der Waals surface area contributed by atoms with Crippen LogP contribution in [0, 0.1) is 13.8 Å². The summed E-state index contributed by atoms with van der Waals surface area (Å²) in [5.74, 6) is 0.546. The summed E-state index contributed by atoms with van der Waals surface area (Å²) in [7, 11) is 0. The minimum Gasteiger partial charge on any atom is -0.300 e. The van der Waals surface area contributed by atoms with Gasteiger partial charge in [-0.25, -0.2) is 15.4 Å². The Morgan fingerprint density at radius 1 is 1.31 bits per heavy atom. The number of nitrogens with one attached hydrogen (secondary N) is 1. The van der Waals surface area contributed by atoms with Gasteiger partial charge in [-0.3, -0.25) is 4.79 Å². The van der Waals surface area contributed by atoms with Gasteiger partial charge in [-0.05, 0) is 33.8 Å². The molecular formula is C11H16N4O. The van der Waals surface area contributed by atoms with Crippen LogP contribution in [0.5, 0.6) is 0 Å². The fourth-order valence-corrected chi connectivity index (χ4v) is 1.32. The van der Waals surface area contributed by atoms with Crippen LogP contribution in [0.4, 0.5) is 5.95 Å². The number of aryl methyl sites for hydroxylation is 2. The van der Waals surface area contributed by atoms with E-state index in [0.717, 1.165) is 17.1 Å². The summed E-state index contributed by atoms with van der Waals surface area (Å²) in [5.41, 5.74) is 5.23. The second-order valence-corrected chi connectivity index (χ2v) is 3.81. The number of hydrogen-bond donors (Lipinski definition) is 1. The maximum atomic E-state index is 10.8. The van der Waals surface area contributed by atoms with Gasteiger partial charge >= 0.3 is 0 Å². The molecule has 0 aliphatic carbocycles. The van der Waals surface area contributed by atoms with Gasteiger partial charge in [-0.15, -0.1) is 0 Å². The van der Waals surface area contributed by atoms with Gasteiger partial charge in [0.25, 0.3) is 0 Å². The van der Waals surface area contributed by atoms with E-state index in [2.05, 4.69) is 20.5 Å². The van der Waals surface area contributed by atoms with Crippen LogP contribution in [-0.2, 0) is 4.79 Å². The molecule has 0 amide bonds. The average molecular weight is 220 g/mol. The van der Waals surface area contributed by atoms with Gasteiger partial charge in [-0.1, -0.05) is 0 Å². The molecule has 1 heterocycles. The summed E-state index contributed by atoms with van der Waals surface area (Å²) in [6, 6.07) is 1.89. The Labute approximate surface area is 95.0 Å². The number of carbonyl (C=O) groups excluding carboxylic acids is 1. The molecule has 5 heteroatoms. The van der Waals surface area contributed by atoms with Crippen molar-refractivity contribution >= 4 is 17.4 Å². The molecule has 0 aliphatic heterocycles. The van der Waals surface area contributed by atoms with Gasteiger partial charge in [0.2, 0.25) is 5.95 Å². The van der Waals surface area contributed by atoms with Gasteiger partial charge in [0.15, 0.2) is 0 Å². The third kappa shape index (κ3) is 4.16. The highest BCUT2D eigenvalue weighted by molar-refractivity contribution is 5.99. The number of anilines is 1. The molecule has 0 unspecified atom stereocenters. The van der Waals surface area contributed by atoms with Crippen molar-refractivity contribution in [2.45, 2.75) is 34.1 Å².